The lowest BCUT2D eigenvalue weighted by molar-refractivity contribution is 0.276. The van der Waals surface area contributed by atoms with Gasteiger partial charge >= 0.3 is 0 Å². The van der Waals surface area contributed by atoms with Crippen LogP contribution in [0.15, 0.2) is 47.5 Å². The Morgan fingerprint density at radius 2 is 2.00 bits per heavy atom. The molecule has 3 aromatic rings. The smallest absolute Gasteiger partial charge is 0.292 e. The van der Waals surface area contributed by atoms with Crippen LogP contribution in [-0.4, -0.2) is 29.9 Å². The lowest BCUT2D eigenvalue weighted by Crippen LogP contribution is -2.23. The second kappa shape index (κ2) is 5.47. The number of aromatic nitrogens is 5. The molecule has 0 spiro atoms. The van der Waals surface area contributed by atoms with Crippen molar-refractivity contribution < 1.29 is 5.11 Å². The summed E-state index contributed by atoms with van der Waals surface area (Å²) >= 11 is 6.11. The maximum absolute atomic E-state index is 12.3. The molecule has 0 unspecified atom stereocenters. The Morgan fingerprint density at radius 1 is 1.24 bits per heavy atom. The first-order valence-electron chi connectivity index (χ1n) is 6.06. The number of para-hydroxylation sites is 1. The maximum Gasteiger partial charge on any atom is 0.292 e. The van der Waals surface area contributed by atoms with Crippen molar-refractivity contribution in [3.63, 3.8) is 0 Å². The Balaban J connectivity index is 2.11. The van der Waals surface area contributed by atoms with E-state index in [-0.39, 0.29) is 11.6 Å². The molecule has 21 heavy (non-hydrogen) atoms. The first-order chi connectivity index (χ1) is 10.2. The van der Waals surface area contributed by atoms with Gasteiger partial charge in [0.15, 0.2) is 0 Å². The molecule has 0 aliphatic rings. The molecule has 0 aliphatic carbocycles. The minimum Gasteiger partial charge on any atom is -0.390 e. The van der Waals surface area contributed by atoms with Crippen molar-refractivity contribution >= 4 is 11.6 Å². The van der Waals surface area contributed by atoms with E-state index in [0.717, 1.165) is 0 Å². The first-order valence-corrected chi connectivity index (χ1v) is 6.44. The van der Waals surface area contributed by atoms with Gasteiger partial charge in [-0.15, -0.1) is 5.10 Å². The molecule has 1 aromatic carbocycles. The zero-order chi connectivity index (χ0) is 14.8. The largest absolute Gasteiger partial charge is 0.390 e. The Labute approximate surface area is 124 Å². The van der Waals surface area contributed by atoms with Gasteiger partial charge in [-0.25, -0.2) is 4.68 Å². The highest BCUT2D eigenvalue weighted by Crippen LogP contribution is 2.15. The SMILES string of the molecule is O=c1c(Cl)c(-n2cc(CO)nn2)cnn1-c1ccccc1. The molecule has 7 nitrogen and oxygen atoms in total. The van der Waals surface area contributed by atoms with Gasteiger partial charge in [-0.05, 0) is 12.1 Å². The van der Waals surface area contributed by atoms with E-state index < -0.39 is 5.56 Å². The van der Waals surface area contributed by atoms with Gasteiger partial charge in [0.1, 0.15) is 16.4 Å². The summed E-state index contributed by atoms with van der Waals surface area (Å²) < 4.78 is 2.51. The summed E-state index contributed by atoms with van der Waals surface area (Å²) in [6.07, 6.45) is 2.90. The maximum atomic E-state index is 12.3. The summed E-state index contributed by atoms with van der Waals surface area (Å²) in [5.41, 5.74) is 0.839. The van der Waals surface area contributed by atoms with Gasteiger partial charge in [-0.2, -0.15) is 9.78 Å². The average molecular weight is 304 g/mol. The highest BCUT2D eigenvalue weighted by Gasteiger charge is 2.13. The molecule has 0 saturated heterocycles. The Kier molecular flexibility index (Phi) is 3.51. The first kappa shape index (κ1) is 13.5. The van der Waals surface area contributed by atoms with Gasteiger partial charge < -0.3 is 5.11 Å². The molecule has 0 fully saturated rings. The fourth-order valence-corrected chi connectivity index (χ4v) is 2.04. The molecule has 1 N–H and O–H groups in total. The molecular formula is C13H10ClN5O2. The second-order valence-electron chi connectivity index (χ2n) is 4.21. The Bertz CT molecular complexity index is 828. The third-order valence-electron chi connectivity index (χ3n) is 2.85. The quantitative estimate of drug-likeness (QED) is 0.779. The number of aliphatic hydroxyl groups is 1. The fourth-order valence-electron chi connectivity index (χ4n) is 1.83. The van der Waals surface area contributed by atoms with E-state index in [1.54, 1.807) is 24.3 Å². The van der Waals surface area contributed by atoms with Crippen LogP contribution < -0.4 is 5.56 Å². The van der Waals surface area contributed by atoms with Crippen LogP contribution in [0, 0.1) is 0 Å². The number of benzene rings is 1. The molecule has 8 heteroatoms. The van der Waals surface area contributed by atoms with E-state index >= 15 is 0 Å². The number of rotatable bonds is 3. The fraction of sp³-hybridized carbons (Fsp3) is 0.0769. The van der Waals surface area contributed by atoms with E-state index in [1.165, 1.54) is 21.8 Å². The molecule has 0 aliphatic heterocycles. The summed E-state index contributed by atoms with van der Waals surface area (Å²) in [7, 11) is 0. The van der Waals surface area contributed by atoms with Crippen LogP contribution in [0.1, 0.15) is 5.69 Å². The van der Waals surface area contributed by atoms with Crippen LogP contribution >= 0.6 is 11.6 Å². The van der Waals surface area contributed by atoms with Crippen molar-refractivity contribution in [2.45, 2.75) is 6.61 Å². The van der Waals surface area contributed by atoms with Crippen molar-refractivity contribution in [1.29, 1.82) is 0 Å². The Morgan fingerprint density at radius 3 is 2.67 bits per heavy atom. The number of halogens is 1. The van der Waals surface area contributed by atoms with Gasteiger partial charge in [0.25, 0.3) is 5.56 Å². The van der Waals surface area contributed by atoms with E-state index in [2.05, 4.69) is 15.4 Å². The monoisotopic (exact) mass is 303 g/mol. The molecule has 2 aromatic heterocycles. The van der Waals surface area contributed by atoms with E-state index in [9.17, 15) is 4.79 Å². The van der Waals surface area contributed by atoms with E-state index in [1.807, 2.05) is 6.07 Å². The van der Waals surface area contributed by atoms with Crippen molar-refractivity contribution in [3.05, 3.63) is 63.8 Å². The lowest BCUT2D eigenvalue weighted by Gasteiger charge is -2.07. The van der Waals surface area contributed by atoms with Crippen LogP contribution in [0.5, 0.6) is 0 Å². The van der Waals surface area contributed by atoms with Crippen LogP contribution in [-0.2, 0) is 6.61 Å². The third kappa shape index (κ3) is 2.44. The molecule has 0 saturated carbocycles. The van der Waals surface area contributed by atoms with E-state index in [0.29, 0.717) is 17.1 Å². The highest BCUT2D eigenvalue weighted by atomic mass is 35.5. The predicted molar refractivity (Wildman–Crippen MR) is 75.7 cm³/mol. The zero-order valence-electron chi connectivity index (χ0n) is 10.7. The topological polar surface area (TPSA) is 85.8 Å². The molecular weight excluding hydrogens is 294 g/mol. The molecule has 0 radical (unpaired) electrons. The number of hydrogen-bond acceptors (Lipinski definition) is 5. The lowest BCUT2D eigenvalue weighted by atomic mass is 10.3. The highest BCUT2D eigenvalue weighted by molar-refractivity contribution is 6.32. The number of hydrogen-bond donors (Lipinski definition) is 1. The van der Waals surface area contributed by atoms with Crippen LogP contribution in [0.4, 0.5) is 0 Å². The Hall–Kier alpha value is -2.51. The number of aliphatic hydroxyl groups excluding tert-OH is 1. The molecule has 0 atom stereocenters. The molecule has 106 valence electrons. The molecule has 3 rings (SSSR count). The van der Waals surface area contributed by atoms with Crippen LogP contribution in [0.2, 0.25) is 5.02 Å². The molecule has 0 bridgehead atoms. The van der Waals surface area contributed by atoms with Gasteiger partial charge in [-0.1, -0.05) is 35.0 Å². The summed E-state index contributed by atoms with van der Waals surface area (Å²) in [6, 6.07) is 8.95. The van der Waals surface area contributed by atoms with Gasteiger partial charge in [0, 0.05) is 0 Å². The van der Waals surface area contributed by atoms with E-state index in [4.69, 9.17) is 16.7 Å². The summed E-state index contributed by atoms with van der Waals surface area (Å²) in [6.45, 7) is -0.244. The predicted octanol–water partition coefficient (Wildman–Crippen LogP) is 0.959. The van der Waals surface area contributed by atoms with Crippen LogP contribution in [0.3, 0.4) is 0 Å². The summed E-state index contributed by atoms with van der Waals surface area (Å²) in [4.78, 5) is 12.3. The normalized spacial score (nSPS) is 10.8. The van der Waals surface area contributed by atoms with Gasteiger partial charge in [-0.3, -0.25) is 4.79 Å². The molecule has 0 amide bonds. The van der Waals surface area contributed by atoms with Crippen molar-refractivity contribution in [2.75, 3.05) is 0 Å². The number of nitrogens with zero attached hydrogens (tertiary/aromatic N) is 5. The average Bonchev–Trinajstić information content (AvgIpc) is 2.99. The zero-order valence-corrected chi connectivity index (χ0v) is 11.5. The van der Waals surface area contributed by atoms with Crippen molar-refractivity contribution in [2.24, 2.45) is 0 Å². The van der Waals surface area contributed by atoms with Gasteiger partial charge in [0.05, 0.1) is 24.7 Å². The standard InChI is InChI=1S/C13H10ClN5O2/c14-12-11(18-7-9(8-20)16-17-18)6-15-19(13(12)21)10-4-2-1-3-5-10/h1-7,20H,8H2. The van der Waals surface area contributed by atoms with Crippen molar-refractivity contribution in [1.82, 2.24) is 24.8 Å². The minimum absolute atomic E-state index is 0.0248. The van der Waals surface area contributed by atoms with Crippen LogP contribution in [0.25, 0.3) is 11.4 Å². The summed E-state index contributed by atoms with van der Waals surface area (Å²) in [5, 5.41) is 20.6. The van der Waals surface area contributed by atoms with Crippen molar-refractivity contribution in [3.8, 4) is 11.4 Å². The second-order valence-corrected chi connectivity index (χ2v) is 4.59. The molecule has 2 heterocycles. The van der Waals surface area contributed by atoms with Gasteiger partial charge in [0.2, 0.25) is 0 Å². The summed E-state index contributed by atoms with van der Waals surface area (Å²) in [5.74, 6) is 0. The third-order valence-corrected chi connectivity index (χ3v) is 3.21. The minimum atomic E-state index is -0.457.